The van der Waals surface area contributed by atoms with Crippen molar-refractivity contribution in [3.05, 3.63) is 71.5 Å². The summed E-state index contributed by atoms with van der Waals surface area (Å²) in [5.74, 6) is 0.104. The molecule has 3 rings (SSSR count). The maximum Gasteiger partial charge on any atom is 0.164 e. The zero-order valence-corrected chi connectivity index (χ0v) is 27.1. The number of aliphatic hydroxyl groups is 1. The number of aromatic nitrogens is 1. The molecule has 0 aliphatic rings. The van der Waals surface area contributed by atoms with Crippen LogP contribution in [0.25, 0.3) is 22.2 Å². The number of hydrogen-bond donors (Lipinski definition) is 1. The van der Waals surface area contributed by atoms with Crippen LogP contribution in [0.3, 0.4) is 0 Å². The number of carbonyl (C=O) groups excluding carboxylic acids is 1. The molecule has 0 saturated heterocycles. The minimum Gasteiger partial charge on any atom is -0.512 e. The van der Waals surface area contributed by atoms with Gasteiger partial charge in [-0.1, -0.05) is 97.1 Å². The Labute approximate surface area is 232 Å². The molecule has 1 aromatic heterocycles. The summed E-state index contributed by atoms with van der Waals surface area (Å²) in [7, 11) is -1.29. The minimum atomic E-state index is -1.29. The van der Waals surface area contributed by atoms with Crippen LogP contribution in [0.15, 0.2) is 54.3 Å². The minimum absolute atomic E-state index is 0. The molecule has 3 nitrogen and oxygen atoms in total. The van der Waals surface area contributed by atoms with Gasteiger partial charge < -0.3 is 5.11 Å². The van der Waals surface area contributed by atoms with Crippen LogP contribution in [-0.2, 0) is 24.9 Å². The maximum atomic E-state index is 11.5. The van der Waals surface area contributed by atoms with E-state index in [2.05, 4.69) is 76.0 Å². The van der Waals surface area contributed by atoms with Crippen molar-refractivity contribution in [3.63, 3.8) is 0 Å². The van der Waals surface area contributed by atoms with Gasteiger partial charge in [-0.05, 0) is 24.1 Å². The van der Waals surface area contributed by atoms with Crippen LogP contribution in [0, 0.1) is 30.7 Å². The fourth-order valence-corrected chi connectivity index (χ4v) is 4.40. The van der Waals surface area contributed by atoms with Crippen molar-refractivity contribution in [2.24, 2.45) is 10.8 Å². The van der Waals surface area contributed by atoms with Gasteiger partial charge in [0.25, 0.3) is 0 Å². The van der Waals surface area contributed by atoms with Crippen LogP contribution in [0.1, 0.15) is 52.7 Å². The molecule has 0 fully saturated rings. The van der Waals surface area contributed by atoms with E-state index in [9.17, 15) is 9.90 Å². The molecular weight excluding hydrogens is 639 g/mol. The van der Waals surface area contributed by atoms with Gasteiger partial charge in [0.05, 0.1) is 13.6 Å². The largest absolute Gasteiger partial charge is 0.512 e. The predicted molar refractivity (Wildman–Crippen MR) is 153 cm³/mol. The summed E-state index contributed by atoms with van der Waals surface area (Å²) in [6.45, 7) is 22.5. The third-order valence-electron chi connectivity index (χ3n) is 5.87. The maximum absolute atomic E-state index is 11.5. The average molecular weight is 681 g/mol. The Kier molecular flexibility index (Phi) is 10.6. The SMILES string of the molecule is CC(C)(C)C(=O)/C=C(\O)C(C)(C)C.Cc1c[c-]c(-c2nc3ccc([Si](C)(C)C)cc3cc2C)cc1.[Ir]. The molecule has 197 valence electrons. The van der Waals surface area contributed by atoms with Gasteiger partial charge in [-0.2, -0.15) is 0 Å². The van der Waals surface area contributed by atoms with E-state index in [1.807, 2.05) is 47.6 Å². The van der Waals surface area contributed by atoms with Gasteiger partial charge in [0.2, 0.25) is 0 Å². The second-order valence-corrected chi connectivity index (χ2v) is 17.6. The van der Waals surface area contributed by atoms with Crippen molar-refractivity contribution in [3.8, 4) is 11.3 Å². The predicted octanol–water partition coefficient (Wildman–Crippen LogP) is 7.95. The van der Waals surface area contributed by atoms with Crippen LogP contribution < -0.4 is 5.19 Å². The first-order chi connectivity index (χ1) is 15.9. The second-order valence-electron chi connectivity index (χ2n) is 12.5. The number of pyridine rings is 1. The summed E-state index contributed by atoms with van der Waals surface area (Å²) in [4.78, 5) is 16.4. The van der Waals surface area contributed by atoms with E-state index in [4.69, 9.17) is 4.98 Å². The first-order valence-electron chi connectivity index (χ1n) is 12.3. The molecule has 3 aromatic rings. The second kappa shape index (κ2) is 12.0. The summed E-state index contributed by atoms with van der Waals surface area (Å²) in [5.41, 5.74) is 4.84. The Balaban J connectivity index is 0.000000402. The van der Waals surface area contributed by atoms with Crippen LogP contribution in [0.4, 0.5) is 0 Å². The standard InChI is InChI=1S/C20H22NSi.C11H20O2.Ir/c1-14-6-8-16(9-7-14)20-15(2)12-17-13-18(22(3,4)5)10-11-19(17)21-20;1-10(2,3)8(12)7-9(13)11(4,5)6;/h6-8,10-13H,1-5H3;7,12H,1-6H3;/q-1;;/b;8-7-;. The number of fused-ring (bicyclic) bond motifs is 1. The van der Waals surface area contributed by atoms with Gasteiger partial charge in [-0.15, -0.1) is 35.4 Å². The Morgan fingerprint density at radius 2 is 1.56 bits per heavy atom. The molecule has 2 aromatic carbocycles. The fourth-order valence-electron chi connectivity index (χ4n) is 3.23. The van der Waals surface area contributed by atoms with Crippen LogP contribution in [0.5, 0.6) is 0 Å². The van der Waals surface area contributed by atoms with Crippen LogP contribution >= 0.6 is 0 Å². The molecule has 36 heavy (non-hydrogen) atoms. The van der Waals surface area contributed by atoms with E-state index in [1.165, 1.54) is 27.8 Å². The van der Waals surface area contributed by atoms with Gasteiger partial charge in [-0.25, -0.2) is 0 Å². The number of benzene rings is 2. The van der Waals surface area contributed by atoms with Crippen molar-refractivity contribution in [2.75, 3.05) is 0 Å². The Morgan fingerprint density at radius 1 is 0.944 bits per heavy atom. The first kappa shape index (κ1) is 32.0. The molecule has 0 atom stereocenters. The summed E-state index contributed by atoms with van der Waals surface area (Å²) < 4.78 is 0. The Hall–Kier alpha value is -2.07. The van der Waals surface area contributed by atoms with Crippen molar-refractivity contribution in [2.45, 2.75) is 75.0 Å². The van der Waals surface area contributed by atoms with Crippen molar-refractivity contribution in [1.29, 1.82) is 0 Å². The molecule has 0 aliphatic carbocycles. The summed E-state index contributed by atoms with van der Waals surface area (Å²) in [6.07, 6.45) is 1.33. The van der Waals surface area contributed by atoms with Gasteiger partial charge in [-0.3, -0.25) is 9.78 Å². The number of rotatable bonds is 3. The van der Waals surface area contributed by atoms with Gasteiger partial charge in [0.15, 0.2) is 5.78 Å². The molecular formula is C31H42IrNO2Si-. The number of carbonyl (C=O) groups is 1. The molecule has 0 saturated carbocycles. The van der Waals surface area contributed by atoms with E-state index in [1.54, 1.807) is 0 Å². The smallest absolute Gasteiger partial charge is 0.164 e. The normalized spacial score (nSPS) is 12.5. The summed E-state index contributed by atoms with van der Waals surface area (Å²) in [5, 5.41) is 12.3. The topological polar surface area (TPSA) is 50.2 Å². The number of ketones is 1. The van der Waals surface area contributed by atoms with Crippen molar-refractivity contribution < 1.29 is 30.0 Å². The Bertz CT molecular complexity index is 1220. The third-order valence-corrected chi connectivity index (χ3v) is 7.91. The number of allylic oxidation sites excluding steroid dienone is 2. The molecule has 1 N–H and O–H groups in total. The van der Waals surface area contributed by atoms with Crippen molar-refractivity contribution >= 4 is 29.9 Å². The van der Waals surface area contributed by atoms with Gasteiger partial charge in [0.1, 0.15) is 5.76 Å². The zero-order valence-electron chi connectivity index (χ0n) is 23.8. The molecule has 0 bridgehead atoms. The first-order valence-corrected chi connectivity index (χ1v) is 15.8. The third kappa shape index (κ3) is 8.79. The molecule has 1 heterocycles. The van der Waals surface area contributed by atoms with Crippen molar-refractivity contribution in [1.82, 2.24) is 4.98 Å². The molecule has 5 heteroatoms. The van der Waals surface area contributed by atoms with Gasteiger partial charge in [0, 0.05) is 37.0 Å². The van der Waals surface area contributed by atoms with E-state index < -0.39 is 13.5 Å². The Morgan fingerprint density at radius 3 is 2.03 bits per heavy atom. The average Bonchev–Trinajstić information content (AvgIpc) is 2.72. The monoisotopic (exact) mass is 681 g/mol. The molecule has 0 spiro atoms. The number of hydrogen-bond acceptors (Lipinski definition) is 3. The quantitative estimate of drug-likeness (QED) is 0.132. The van der Waals surface area contributed by atoms with E-state index >= 15 is 0 Å². The zero-order chi connectivity index (χ0) is 26.8. The van der Waals surface area contributed by atoms with E-state index in [0.717, 1.165) is 16.8 Å². The number of aryl methyl sites for hydroxylation is 2. The molecule has 0 aliphatic heterocycles. The van der Waals surface area contributed by atoms with Crippen LogP contribution in [0.2, 0.25) is 19.6 Å². The van der Waals surface area contributed by atoms with E-state index in [0.29, 0.717) is 0 Å². The van der Waals surface area contributed by atoms with E-state index in [-0.39, 0.29) is 37.1 Å². The molecule has 1 radical (unpaired) electrons. The summed E-state index contributed by atoms with van der Waals surface area (Å²) >= 11 is 0. The molecule has 0 unspecified atom stereocenters. The summed E-state index contributed by atoms with van der Waals surface area (Å²) in [6, 6.07) is 18.6. The fraction of sp³-hybridized carbons (Fsp3) is 0.419. The number of aliphatic hydroxyl groups excluding tert-OH is 1. The molecule has 0 amide bonds. The van der Waals surface area contributed by atoms with Gasteiger partial charge >= 0.3 is 0 Å². The van der Waals surface area contributed by atoms with Crippen LogP contribution in [-0.4, -0.2) is 23.9 Å². The number of nitrogens with zero attached hydrogens (tertiary/aromatic N) is 1.